The van der Waals surface area contributed by atoms with E-state index in [1.807, 2.05) is 6.92 Å². The molecule has 1 aliphatic rings. The largest absolute Gasteiger partial charge is 0.313 e. The van der Waals surface area contributed by atoms with Crippen LogP contribution in [0.2, 0.25) is 0 Å². The van der Waals surface area contributed by atoms with E-state index in [0.29, 0.717) is 6.04 Å². The predicted molar refractivity (Wildman–Crippen MR) is 84.4 cm³/mol. The van der Waals surface area contributed by atoms with Crippen LogP contribution in [0.1, 0.15) is 44.7 Å². The van der Waals surface area contributed by atoms with Crippen molar-refractivity contribution >= 4 is 11.8 Å². The molecule has 0 saturated heterocycles. The molecule has 1 fully saturated rings. The maximum atomic E-state index is 11.5. The summed E-state index contributed by atoms with van der Waals surface area (Å²) in [5.74, 6) is 1.75. The van der Waals surface area contributed by atoms with Crippen molar-refractivity contribution in [1.82, 2.24) is 15.3 Å². The molecule has 0 radical (unpaired) electrons. The van der Waals surface area contributed by atoms with Gasteiger partial charge in [-0.25, -0.2) is 4.98 Å². The Hall–Kier alpha value is -0.810. The molecule has 4 nitrogen and oxygen atoms in total. The second kappa shape index (κ2) is 7.84. The zero-order valence-corrected chi connectivity index (χ0v) is 13.3. The molecule has 0 amide bonds. The van der Waals surface area contributed by atoms with E-state index in [-0.39, 0.29) is 5.56 Å². The summed E-state index contributed by atoms with van der Waals surface area (Å²) in [4.78, 5) is 18.7. The summed E-state index contributed by atoms with van der Waals surface area (Å²) >= 11 is 1.66. The van der Waals surface area contributed by atoms with Crippen LogP contribution in [0.3, 0.4) is 0 Å². The van der Waals surface area contributed by atoms with E-state index in [1.165, 1.54) is 38.2 Å². The first kappa shape index (κ1) is 15.6. The van der Waals surface area contributed by atoms with E-state index >= 15 is 0 Å². The van der Waals surface area contributed by atoms with Gasteiger partial charge in [-0.15, -0.1) is 0 Å². The van der Waals surface area contributed by atoms with Crippen molar-refractivity contribution in [3.63, 3.8) is 0 Å². The van der Waals surface area contributed by atoms with Crippen LogP contribution in [0.5, 0.6) is 0 Å². The molecule has 112 valence electrons. The molecule has 1 aromatic rings. The van der Waals surface area contributed by atoms with Gasteiger partial charge < -0.3 is 10.3 Å². The summed E-state index contributed by atoms with van der Waals surface area (Å²) in [5, 5.41) is 4.36. The Labute approximate surface area is 125 Å². The van der Waals surface area contributed by atoms with Crippen LogP contribution in [0.15, 0.2) is 16.0 Å². The van der Waals surface area contributed by atoms with Crippen LogP contribution >= 0.6 is 11.8 Å². The van der Waals surface area contributed by atoms with Crippen LogP contribution in [-0.4, -0.2) is 28.3 Å². The third-order valence-corrected chi connectivity index (χ3v) is 4.93. The van der Waals surface area contributed by atoms with Gasteiger partial charge in [-0.1, -0.05) is 37.9 Å². The van der Waals surface area contributed by atoms with Gasteiger partial charge >= 0.3 is 0 Å². The minimum absolute atomic E-state index is 0.0577. The third-order valence-electron chi connectivity index (χ3n) is 3.93. The Morgan fingerprint density at radius 1 is 1.45 bits per heavy atom. The lowest BCUT2D eigenvalue weighted by molar-refractivity contribution is 0.288. The summed E-state index contributed by atoms with van der Waals surface area (Å²) in [7, 11) is 0. The van der Waals surface area contributed by atoms with E-state index in [4.69, 9.17) is 0 Å². The van der Waals surface area contributed by atoms with Gasteiger partial charge in [0.25, 0.3) is 5.56 Å². The minimum Gasteiger partial charge on any atom is -0.313 e. The first-order valence-electron chi connectivity index (χ1n) is 7.63. The second-order valence-corrected chi connectivity index (χ2v) is 6.57. The van der Waals surface area contributed by atoms with Gasteiger partial charge in [0.15, 0.2) is 5.16 Å². The van der Waals surface area contributed by atoms with Crippen molar-refractivity contribution in [1.29, 1.82) is 0 Å². The number of rotatable bonds is 6. The molecule has 20 heavy (non-hydrogen) atoms. The molecular weight excluding hydrogens is 270 g/mol. The topological polar surface area (TPSA) is 57.8 Å². The highest BCUT2D eigenvalue weighted by Crippen LogP contribution is 2.28. The Morgan fingerprint density at radius 3 is 2.85 bits per heavy atom. The van der Waals surface area contributed by atoms with Crippen molar-refractivity contribution in [2.75, 3.05) is 12.3 Å². The molecule has 1 heterocycles. The molecule has 0 aliphatic heterocycles. The summed E-state index contributed by atoms with van der Waals surface area (Å²) in [5.41, 5.74) is 0.728. The molecule has 5 heteroatoms. The van der Waals surface area contributed by atoms with E-state index in [9.17, 15) is 4.79 Å². The SMILES string of the molecule is CCNC(CSc1nc(C)cc(=O)[nH]1)C1CCCCC1. The van der Waals surface area contributed by atoms with Crippen molar-refractivity contribution in [2.45, 2.75) is 57.1 Å². The van der Waals surface area contributed by atoms with E-state index < -0.39 is 0 Å². The van der Waals surface area contributed by atoms with Crippen molar-refractivity contribution in [3.8, 4) is 0 Å². The molecule has 2 rings (SSSR count). The number of hydrogen-bond donors (Lipinski definition) is 2. The number of thioether (sulfide) groups is 1. The summed E-state index contributed by atoms with van der Waals surface area (Å²) in [6, 6.07) is 2.06. The molecule has 0 bridgehead atoms. The van der Waals surface area contributed by atoms with Crippen molar-refractivity contribution in [3.05, 3.63) is 22.1 Å². The van der Waals surface area contributed by atoms with Gasteiger partial charge in [-0.3, -0.25) is 4.79 Å². The molecule has 1 aliphatic carbocycles. The number of nitrogens with zero attached hydrogens (tertiary/aromatic N) is 1. The Morgan fingerprint density at radius 2 is 2.20 bits per heavy atom. The fraction of sp³-hybridized carbons (Fsp3) is 0.733. The summed E-state index contributed by atoms with van der Waals surface area (Å²) in [6.45, 7) is 5.02. The van der Waals surface area contributed by atoms with Crippen molar-refractivity contribution in [2.24, 2.45) is 5.92 Å². The Bertz CT molecular complexity index is 468. The van der Waals surface area contributed by atoms with E-state index in [1.54, 1.807) is 11.8 Å². The van der Waals surface area contributed by atoms with E-state index in [0.717, 1.165) is 29.1 Å². The van der Waals surface area contributed by atoms with Crippen LogP contribution < -0.4 is 10.9 Å². The quantitative estimate of drug-likeness (QED) is 0.626. The fourth-order valence-corrected chi connectivity index (χ4v) is 4.06. The molecule has 0 spiro atoms. The number of aromatic amines is 1. The molecular formula is C15H25N3OS. The highest BCUT2D eigenvalue weighted by atomic mass is 32.2. The predicted octanol–water partition coefficient (Wildman–Crippen LogP) is 2.73. The highest BCUT2D eigenvalue weighted by molar-refractivity contribution is 7.99. The normalized spacial score (nSPS) is 18.1. The second-order valence-electron chi connectivity index (χ2n) is 5.57. The van der Waals surface area contributed by atoms with Crippen LogP contribution in [0.4, 0.5) is 0 Å². The number of hydrogen-bond acceptors (Lipinski definition) is 4. The van der Waals surface area contributed by atoms with Crippen LogP contribution in [0.25, 0.3) is 0 Å². The monoisotopic (exact) mass is 295 g/mol. The number of H-pyrrole nitrogens is 1. The van der Waals surface area contributed by atoms with Crippen LogP contribution in [0, 0.1) is 12.8 Å². The number of aromatic nitrogens is 2. The zero-order chi connectivity index (χ0) is 14.4. The molecule has 1 atom stereocenters. The average molecular weight is 295 g/mol. The van der Waals surface area contributed by atoms with Crippen molar-refractivity contribution < 1.29 is 0 Å². The third kappa shape index (κ3) is 4.63. The van der Waals surface area contributed by atoms with Gasteiger partial charge in [-0.2, -0.15) is 0 Å². The Balaban J connectivity index is 1.95. The maximum absolute atomic E-state index is 11.5. The molecule has 1 aromatic heterocycles. The van der Waals surface area contributed by atoms with Gasteiger partial charge in [0, 0.05) is 23.6 Å². The molecule has 0 aromatic carbocycles. The van der Waals surface area contributed by atoms with E-state index in [2.05, 4.69) is 22.2 Å². The van der Waals surface area contributed by atoms with Gasteiger partial charge in [0.2, 0.25) is 0 Å². The lowest BCUT2D eigenvalue weighted by Gasteiger charge is -2.30. The lowest BCUT2D eigenvalue weighted by Crippen LogP contribution is -2.39. The summed E-state index contributed by atoms with van der Waals surface area (Å²) in [6.07, 6.45) is 6.76. The van der Waals surface area contributed by atoms with Gasteiger partial charge in [0.05, 0.1) is 0 Å². The number of aryl methyl sites for hydroxylation is 1. The fourth-order valence-electron chi connectivity index (χ4n) is 2.95. The standard InChI is InChI=1S/C15H25N3OS/c1-3-16-13(12-7-5-4-6-8-12)10-20-15-17-11(2)9-14(19)18-15/h9,12-13,16H,3-8,10H2,1-2H3,(H,17,18,19). The molecule has 1 unspecified atom stereocenters. The maximum Gasteiger partial charge on any atom is 0.251 e. The highest BCUT2D eigenvalue weighted by Gasteiger charge is 2.23. The molecule has 2 N–H and O–H groups in total. The average Bonchev–Trinajstić information content (AvgIpc) is 2.43. The van der Waals surface area contributed by atoms with Gasteiger partial charge in [-0.05, 0) is 32.2 Å². The first-order chi connectivity index (χ1) is 9.69. The van der Waals surface area contributed by atoms with Gasteiger partial charge in [0.1, 0.15) is 0 Å². The Kier molecular flexibility index (Phi) is 6.10. The minimum atomic E-state index is -0.0577. The van der Waals surface area contributed by atoms with Crippen LogP contribution in [-0.2, 0) is 0 Å². The molecule has 1 saturated carbocycles. The lowest BCUT2D eigenvalue weighted by atomic mass is 9.84. The smallest absolute Gasteiger partial charge is 0.251 e. The number of nitrogens with one attached hydrogen (secondary N) is 2. The first-order valence-corrected chi connectivity index (χ1v) is 8.61. The summed E-state index contributed by atoms with van der Waals surface area (Å²) < 4.78 is 0. The zero-order valence-electron chi connectivity index (χ0n) is 12.4.